The summed E-state index contributed by atoms with van der Waals surface area (Å²) in [6, 6.07) is 8.22. The topological polar surface area (TPSA) is 38.2 Å². The summed E-state index contributed by atoms with van der Waals surface area (Å²) in [5.41, 5.74) is 5.01. The van der Waals surface area contributed by atoms with Crippen LogP contribution in [-0.2, 0) is 13.0 Å². The maximum absolute atomic E-state index is 5.87. The molecule has 2 aromatic rings. The van der Waals surface area contributed by atoms with Crippen molar-refractivity contribution in [2.75, 3.05) is 19.7 Å². The van der Waals surface area contributed by atoms with E-state index in [1.54, 1.807) is 0 Å². The quantitative estimate of drug-likeness (QED) is 0.868. The molecule has 0 bridgehead atoms. The van der Waals surface area contributed by atoms with Gasteiger partial charge in [-0.3, -0.25) is 4.90 Å². The summed E-state index contributed by atoms with van der Waals surface area (Å²) in [5.74, 6) is 2.33. The molecular formula is C20H23N3O. The number of rotatable bonds is 3. The maximum Gasteiger partial charge on any atom is 0.131 e. The Labute approximate surface area is 143 Å². The summed E-state index contributed by atoms with van der Waals surface area (Å²) >= 11 is 0. The Morgan fingerprint density at radius 2 is 2.12 bits per heavy atom. The lowest BCUT2D eigenvalue weighted by Gasteiger charge is -2.30. The van der Waals surface area contributed by atoms with Crippen LogP contribution >= 0.6 is 0 Å². The van der Waals surface area contributed by atoms with Crippen LogP contribution in [0.4, 0.5) is 0 Å². The molecule has 0 radical (unpaired) electrons. The maximum atomic E-state index is 5.87. The molecule has 24 heavy (non-hydrogen) atoms. The predicted octanol–water partition coefficient (Wildman–Crippen LogP) is 3.43. The summed E-state index contributed by atoms with van der Waals surface area (Å²) in [6.07, 6.45) is 5.29. The molecule has 1 aromatic heterocycles. The molecule has 4 rings (SSSR count). The van der Waals surface area contributed by atoms with Crippen molar-refractivity contribution in [1.82, 2.24) is 14.9 Å². The molecule has 0 spiro atoms. The van der Waals surface area contributed by atoms with Gasteiger partial charge in [-0.25, -0.2) is 9.97 Å². The highest BCUT2D eigenvalue weighted by Crippen LogP contribution is 2.27. The fraction of sp³-hybridized carbons (Fsp3) is 0.400. The van der Waals surface area contributed by atoms with E-state index in [9.17, 15) is 0 Å². The second-order valence-corrected chi connectivity index (χ2v) is 6.94. The number of nitrogens with zero attached hydrogens (tertiary/aromatic N) is 3. The van der Waals surface area contributed by atoms with Crippen molar-refractivity contribution in [3.05, 3.63) is 58.7 Å². The van der Waals surface area contributed by atoms with Crippen LogP contribution in [-0.4, -0.2) is 34.6 Å². The number of ether oxygens (including phenoxy) is 1. The zero-order chi connectivity index (χ0) is 16.5. The summed E-state index contributed by atoms with van der Waals surface area (Å²) in [4.78, 5) is 11.7. The molecule has 0 saturated heterocycles. The molecular weight excluding hydrogens is 298 g/mol. The van der Waals surface area contributed by atoms with Gasteiger partial charge in [-0.05, 0) is 17.7 Å². The van der Waals surface area contributed by atoms with Crippen LogP contribution in [0.25, 0.3) is 6.08 Å². The minimum absolute atomic E-state index is 0.387. The Balaban J connectivity index is 1.47. The fourth-order valence-corrected chi connectivity index (χ4v) is 3.34. The summed E-state index contributed by atoms with van der Waals surface area (Å²) in [6.45, 7) is 7.88. The number of aromatic nitrogens is 2. The van der Waals surface area contributed by atoms with Crippen LogP contribution < -0.4 is 4.74 Å². The zero-order valence-electron chi connectivity index (χ0n) is 14.3. The summed E-state index contributed by atoms with van der Waals surface area (Å²) < 4.78 is 5.87. The van der Waals surface area contributed by atoms with Gasteiger partial charge in [0, 0.05) is 55.0 Å². The molecule has 124 valence electrons. The van der Waals surface area contributed by atoms with Crippen LogP contribution in [0.2, 0.25) is 0 Å². The molecule has 2 aliphatic heterocycles. The lowest BCUT2D eigenvalue weighted by molar-refractivity contribution is 0.254. The highest BCUT2D eigenvalue weighted by Gasteiger charge is 2.21. The second kappa shape index (κ2) is 6.36. The van der Waals surface area contributed by atoms with Crippen molar-refractivity contribution in [2.24, 2.45) is 0 Å². The first-order valence-electron chi connectivity index (χ1n) is 8.67. The van der Waals surface area contributed by atoms with E-state index in [1.807, 2.05) is 18.3 Å². The predicted molar refractivity (Wildman–Crippen MR) is 95.0 cm³/mol. The number of benzene rings is 1. The van der Waals surface area contributed by atoms with E-state index < -0.39 is 0 Å². The van der Waals surface area contributed by atoms with Gasteiger partial charge in [0.15, 0.2) is 0 Å². The average Bonchev–Trinajstić information content (AvgIpc) is 2.61. The van der Waals surface area contributed by atoms with Crippen LogP contribution in [0.15, 0.2) is 36.0 Å². The van der Waals surface area contributed by atoms with Crippen LogP contribution in [0.3, 0.4) is 0 Å². The van der Waals surface area contributed by atoms with Gasteiger partial charge in [0.25, 0.3) is 0 Å². The Kier molecular flexibility index (Phi) is 4.07. The van der Waals surface area contributed by atoms with E-state index in [0.717, 1.165) is 37.6 Å². The van der Waals surface area contributed by atoms with Gasteiger partial charge in [0.05, 0.1) is 0 Å². The van der Waals surface area contributed by atoms with Crippen molar-refractivity contribution in [3.8, 4) is 5.75 Å². The summed E-state index contributed by atoms with van der Waals surface area (Å²) in [7, 11) is 0. The Hall–Kier alpha value is -2.20. The van der Waals surface area contributed by atoms with Gasteiger partial charge in [0.2, 0.25) is 0 Å². The number of hydrogen-bond donors (Lipinski definition) is 0. The van der Waals surface area contributed by atoms with Crippen LogP contribution in [0.1, 0.15) is 42.4 Å². The highest BCUT2D eigenvalue weighted by molar-refractivity contribution is 5.62. The van der Waals surface area contributed by atoms with E-state index in [4.69, 9.17) is 9.72 Å². The monoisotopic (exact) mass is 321 g/mol. The minimum atomic E-state index is 0.387. The lowest BCUT2D eigenvalue weighted by Crippen LogP contribution is -2.34. The highest BCUT2D eigenvalue weighted by atomic mass is 16.5. The molecule has 0 aliphatic carbocycles. The number of para-hydroxylation sites is 1. The molecule has 3 heterocycles. The van der Waals surface area contributed by atoms with Gasteiger partial charge in [-0.15, -0.1) is 0 Å². The third-order valence-corrected chi connectivity index (χ3v) is 4.67. The Bertz CT molecular complexity index is 782. The lowest BCUT2D eigenvalue weighted by atomic mass is 10.0. The van der Waals surface area contributed by atoms with Gasteiger partial charge >= 0.3 is 0 Å². The standard InChI is InChI=1S/C20H23N3O/c1-14(2)20-21-10-17-12-23(8-7-18(17)22-20)11-15-9-16-5-3-4-6-19(16)24-13-15/h3-6,9-10,14H,7-8,11-13H2,1-2H3. The number of fused-ring (bicyclic) bond motifs is 2. The molecule has 0 unspecified atom stereocenters. The zero-order valence-corrected chi connectivity index (χ0v) is 14.3. The second-order valence-electron chi connectivity index (χ2n) is 6.94. The summed E-state index contributed by atoms with van der Waals surface area (Å²) in [5, 5.41) is 0. The van der Waals surface area contributed by atoms with Gasteiger partial charge in [-0.1, -0.05) is 32.0 Å². The van der Waals surface area contributed by atoms with Crippen molar-refractivity contribution < 1.29 is 4.74 Å². The Morgan fingerprint density at radius 1 is 1.25 bits per heavy atom. The molecule has 2 aliphatic rings. The average molecular weight is 321 g/mol. The van der Waals surface area contributed by atoms with Crippen molar-refractivity contribution in [1.29, 1.82) is 0 Å². The first kappa shape index (κ1) is 15.3. The van der Waals surface area contributed by atoms with Gasteiger partial charge < -0.3 is 4.74 Å². The van der Waals surface area contributed by atoms with Gasteiger partial charge in [0.1, 0.15) is 18.2 Å². The molecule has 0 saturated carbocycles. The largest absolute Gasteiger partial charge is 0.489 e. The fourth-order valence-electron chi connectivity index (χ4n) is 3.34. The smallest absolute Gasteiger partial charge is 0.131 e. The molecule has 0 amide bonds. The molecule has 4 nitrogen and oxygen atoms in total. The van der Waals surface area contributed by atoms with E-state index in [1.165, 1.54) is 22.4 Å². The minimum Gasteiger partial charge on any atom is -0.489 e. The number of hydrogen-bond acceptors (Lipinski definition) is 4. The molecule has 0 atom stereocenters. The van der Waals surface area contributed by atoms with E-state index in [-0.39, 0.29) is 0 Å². The van der Waals surface area contributed by atoms with Crippen molar-refractivity contribution >= 4 is 6.08 Å². The van der Waals surface area contributed by atoms with Crippen LogP contribution in [0.5, 0.6) is 5.75 Å². The molecule has 0 N–H and O–H groups in total. The van der Waals surface area contributed by atoms with E-state index in [0.29, 0.717) is 12.5 Å². The molecule has 0 fully saturated rings. The molecule has 4 heteroatoms. The first-order valence-corrected chi connectivity index (χ1v) is 8.67. The molecule has 1 aromatic carbocycles. The first-order chi connectivity index (χ1) is 11.7. The van der Waals surface area contributed by atoms with Crippen molar-refractivity contribution in [2.45, 2.75) is 32.7 Å². The normalized spacial score (nSPS) is 17.0. The third-order valence-electron chi connectivity index (χ3n) is 4.67. The van der Waals surface area contributed by atoms with E-state index in [2.05, 4.69) is 41.9 Å². The SMILES string of the molecule is CC(C)c1ncc2c(n1)CCN(CC1=Cc3ccccc3OC1)C2. The van der Waals surface area contributed by atoms with E-state index >= 15 is 0 Å². The Morgan fingerprint density at radius 3 is 3.00 bits per heavy atom. The van der Waals surface area contributed by atoms with Crippen molar-refractivity contribution in [3.63, 3.8) is 0 Å². The third kappa shape index (κ3) is 3.06. The van der Waals surface area contributed by atoms with Gasteiger partial charge in [-0.2, -0.15) is 0 Å². The van der Waals surface area contributed by atoms with Crippen LogP contribution in [0, 0.1) is 0 Å².